The summed E-state index contributed by atoms with van der Waals surface area (Å²) in [6, 6.07) is 5.71. The van der Waals surface area contributed by atoms with Gasteiger partial charge in [-0.05, 0) is 24.3 Å². The molecule has 6 N–H and O–H groups in total. The number of nitrogen functional groups attached to an aromatic ring is 2. The lowest BCUT2D eigenvalue weighted by Crippen LogP contribution is -2.10. The van der Waals surface area contributed by atoms with Crippen LogP contribution in [0.2, 0.25) is 0 Å². The van der Waals surface area contributed by atoms with Gasteiger partial charge in [-0.1, -0.05) is 0 Å². The van der Waals surface area contributed by atoms with Crippen molar-refractivity contribution in [3.05, 3.63) is 35.0 Å². The minimum absolute atomic E-state index is 0.0408. The maximum atomic E-state index is 13.0. The molecule has 2 aromatic heterocycles. The lowest BCUT2D eigenvalue weighted by Gasteiger charge is -2.05. The van der Waals surface area contributed by atoms with E-state index in [1.54, 1.807) is 12.1 Å². The second kappa shape index (κ2) is 4.67. The number of fused-ring (bicyclic) bond motifs is 1. The van der Waals surface area contributed by atoms with Crippen LogP contribution in [-0.4, -0.2) is 15.9 Å². The number of hydrogen-bond donors (Lipinski definition) is 3. The van der Waals surface area contributed by atoms with Crippen LogP contribution in [0.1, 0.15) is 9.67 Å². The summed E-state index contributed by atoms with van der Waals surface area (Å²) < 4.78 is 13.0. The number of anilines is 2. The largest absolute Gasteiger partial charge is 0.397 e. The molecule has 1 amide bonds. The number of nitrogens with two attached hydrogens (primary N) is 3. The number of hydrogen-bond acceptors (Lipinski definition) is 6. The molecule has 1 aromatic carbocycles. The molecular formula is C13H10FN5OS. The van der Waals surface area contributed by atoms with E-state index in [-0.39, 0.29) is 22.3 Å². The Morgan fingerprint density at radius 2 is 1.81 bits per heavy atom. The second-order valence-corrected chi connectivity index (χ2v) is 5.33. The Morgan fingerprint density at radius 3 is 2.43 bits per heavy atom. The minimum Gasteiger partial charge on any atom is -0.397 e. The van der Waals surface area contributed by atoms with Crippen LogP contribution < -0.4 is 17.2 Å². The highest BCUT2D eigenvalue weighted by Gasteiger charge is 2.20. The highest BCUT2D eigenvalue weighted by Crippen LogP contribution is 2.38. The first-order valence-corrected chi connectivity index (χ1v) is 6.70. The summed E-state index contributed by atoms with van der Waals surface area (Å²) in [7, 11) is 0. The number of benzene rings is 1. The number of amides is 1. The fourth-order valence-electron chi connectivity index (χ4n) is 2.04. The summed E-state index contributed by atoms with van der Waals surface area (Å²) in [6.07, 6.45) is 0. The number of primary amides is 1. The van der Waals surface area contributed by atoms with Gasteiger partial charge in [0.25, 0.3) is 5.91 Å². The van der Waals surface area contributed by atoms with Crippen molar-refractivity contribution in [1.29, 1.82) is 0 Å². The molecule has 6 nitrogen and oxygen atoms in total. The van der Waals surface area contributed by atoms with Gasteiger partial charge in [-0.15, -0.1) is 11.3 Å². The molecule has 0 aliphatic rings. The van der Waals surface area contributed by atoms with Gasteiger partial charge >= 0.3 is 0 Å². The van der Waals surface area contributed by atoms with E-state index in [2.05, 4.69) is 9.97 Å². The lowest BCUT2D eigenvalue weighted by molar-refractivity contribution is 0.100. The summed E-state index contributed by atoms with van der Waals surface area (Å²) in [5.41, 5.74) is 18.2. The SMILES string of the molecule is NC(=O)c1sc2nc(N)nc(-c3ccc(F)cc3)c2c1N. The number of nitrogens with zero attached hydrogens (tertiary/aromatic N) is 2. The van der Waals surface area contributed by atoms with Crippen molar-refractivity contribution in [2.45, 2.75) is 0 Å². The summed E-state index contributed by atoms with van der Waals surface area (Å²) in [6.45, 7) is 0. The number of thiophene rings is 1. The maximum Gasteiger partial charge on any atom is 0.260 e. The molecule has 0 bridgehead atoms. The highest BCUT2D eigenvalue weighted by molar-refractivity contribution is 7.21. The summed E-state index contributed by atoms with van der Waals surface area (Å²) >= 11 is 1.05. The third-order valence-corrected chi connectivity index (χ3v) is 4.06. The molecule has 0 unspecified atom stereocenters. The third-order valence-electron chi connectivity index (χ3n) is 2.95. The molecule has 21 heavy (non-hydrogen) atoms. The molecule has 0 saturated heterocycles. The van der Waals surface area contributed by atoms with E-state index in [0.29, 0.717) is 21.5 Å². The van der Waals surface area contributed by atoms with Crippen molar-refractivity contribution >= 4 is 39.1 Å². The summed E-state index contributed by atoms with van der Waals surface area (Å²) in [4.78, 5) is 20.3. The monoisotopic (exact) mass is 303 g/mol. The topological polar surface area (TPSA) is 121 Å². The molecule has 0 radical (unpaired) electrons. The van der Waals surface area contributed by atoms with Crippen LogP contribution in [0, 0.1) is 5.82 Å². The van der Waals surface area contributed by atoms with Gasteiger partial charge in [0.2, 0.25) is 5.95 Å². The zero-order valence-corrected chi connectivity index (χ0v) is 11.4. The zero-order chi connectivity index (χ0) is 15.1. The zero-order valence-electron chi connectivity index (χ0n) is 10.6. The van der Waals surface area contributed by atoms with Crippen molar-refractivity contribution in [2.24, 2.45) is 5.73 Å². The molecule has 3 aromatic rings. The Balaban J connectivity index is 2.36. The molecule has 0 atom stereocenters. The Kier molecular flexibility index (Phi) is 2.95. The minimum atomic E-state index is -0.640. The number of aromatic nitrogens is 2. The second-order valence-electron chi connectivity index (χ2n) is 4.33. The highest BCUT2D eigenvalue weighted by atomic mass is 32.1. The predicted molar refractivity (Wildman–Crippen MR) is 80.2 cm³/mol. The smallest absolute Gasteiger partial charge is 0.260 e. The molecule has 0 aliphatic heterocycles. The third kappa shape index (κ3) is 2.15. The van der Waals surface area contributed by atoms with Gasteiger partial charge in [0.1, 0.15) is 15.5 Å². The van der Waals surface area contributed by atoms with Crippen molar-refractivity contribution < 1.29 is 9.18 Å². The molecule has 2 heterocycles. The van der Waals surface area contributed by atoms with Crippen molar-refractivity contribution in [2.75, 3.05) is 11.5 Å². The molecule has 0 aliphatic carbocycles. The average Bonchev–Trinajstić information content (AvgIpc) is 2.76. The first-order chi connectivity index (χ1) is 9.97. The van der Waals surface area contributed by atoms with Gasteiger partial charge in [0, 0.05) is 5.56 Å². The van der Waals surface area contributed by atoms with E-state index < -0.39 is 5.91 Å². The first-order valence-electron chi connectivity index (χ1n) is 5.88. The van der Waals surface area contributed by atoms with E-state index >= 15 is 0 Å². The Morgan fingerprint density at radius 1 is 1.14 bits per heavy atom. The lowest BCUT2D eigenvalue weighted by atomic mass is 10.1. The van der Waals surface area contributed by atoms with Crippen molar-refractivity contribution in [3.8, 4) is 11.3 Å². The summed E-state index contributed by atoms with van der Waals surface area (Å²) in [5, 5.41) is 0.495. The number of rotatable bonds is 2. The Hall–Kier alpha value is -2.74. The normalized spacial score (nSPS) is 10.9. The van der Waals surface area contributed by atoms with Crippen LogP contribution in [0.25, 0.3) is 21.5 Å². The molecule has 0 spiro atoms. The van der Waals surface area contributed by atoms with Gasteiger partial charge in [-0.2, -0.15) is 0 Å². The average molecular weight is 303 g/mol. The molecule has 0 fully saturated rings. The van der Waals surface area contributed by atoms with Gasteiger partial charge < -0.3 is 17.2 Å². The molecule has 0 saturated carbocycles. The summed E-state index contributed by atoms with van der Waals surface area (Å²) in [5.74, 6) is -0.966. The van der Waals surface area contributed by atoms with Gasteiger partial charge in [-0.25, -0.2) is 14.4 Å². The van der Waals surface area contributed by atoms with Crippen LogP contribution in [0.4, 0.5) is 16.0 Å². The van der Waals surface area contributed by atoms with E-state index in [1.807, 2.05) is 0 Å². The van der Waals surface area contributed by atoms with Gasteiger partial charge in [0.05, 0.1) is 16.8 Å². The maximum absolute atomic E-state index is 13.0. The number of halogens is 1. The van der Waals surface area contributed by atoms with E-state index in [4.69, 9.17) is 17.2 Å². The predicted octanol–water partition coefficient (Wildman–Crippen LogP) is 1.76. The van der Waals surface area contributed by atoms with Crippen molar-refractivity contribution in [3.63, 3.8) is 0 Å². The Bertz CT molecular complexity index is 859. The number of carbonyl (C=O) groups excluding carboxylic acids is 1. The number of carbonyl (C=O) groups is 1. The fraction of sp³-hybridized carbons (Fsp3) is 0. The van der Waals surface area contributed by atoms with Crippen LogP contribution in [0.15, 0.2) is 24.3 Å². The van der Waals surface area contributed by atoms with Gasteiger partial charge in [-0.3, -0.25) is 4.79 Å². The van der Waals surface area contributed by atoms with Gasteiger partial charge in [0.15, 0.2) is 0 Å². The molecule has 3 rings (SSSR count). The standard InChI is InChI=1S/C13H10FN5OS/c14-6-3-1-5(2-4-6)9-7-8(15)10(11(16)20)21-12(7)19-13(17)18-9/h1-4H,15H2,(H2,16,20)(H2,17,18,19). The fourth-order valence-corrected chi connectivity index (χ4v) is 2.99. The van der Waals surface area contributed by atoms with E-state index in [0.717, 1.165) is 11.3 Å². The van der Waals surface area contributed by atoms with Crippen LogP contribution >= 0.6 is 11.3 Å². The van der Waals surface area contributed by atoms with Crippen LogP contribution in [0.3, 0.4) is 0 Å². The van der Waals surface area contributed by atoms with Crippen molar-refractivity contribution in [1.82, 2.24) is 9.97 Å². The van der Waals surface area contributed by atoms with Crippen LogP contribution in [-0.2, 0) is 0 Å². The molecule has 8 heteroatoms. The first kappa shape index (κ1) is 13.3. The molecular weight excluding hydrogens is 293 g/mol. The Labute approximate surface area is 122 Å². The molecule has 106 valence electrons. The quantitative estimate of drug-likeness (QED) is 0.666. The van der Waals surface area contributed by atoms with E-state index in [1.165, 1.54) is 12.1 Å². The van der Waals surface area contributed by atoms with Crippen LogP contribution in [0.5, 0.6) is 0 Å². The van der Waals surface area contributed by atoms with E-state index in [9.17, 15) is 9.18 Å².